The third kappa shape index (κ3) is 2.24. The SMILES string of the molecule is CCCc1ncc(C(N)=S)s1. The average molecular weight is 186 g/mol. The maximum atomic E-state index is 5.43. The molecule has 0 atom stereocenters. The van der Waals surface area contributed by atoms with Crippen LogP contribution in [0.4, 0.5) is 0 Å². The molecule has 0 spiro atoms. The van der Waals surface area contributed by atoms with Crippen molar-refractivity contribution in [1.82, 2.24) is 4.98 Å². The first kappa shape index (κ1) is 8.62. The third-order valence-corrected chi connectivity index (χ3v) is 2.70. The summed E-state index contributed by atoms with van der Waals surface area (Å²) >= 11 is 6.40. The van der Waals surface area contributed by atoms with Gasteiger partial charge in [0.1, 0.15) is 4.99 Å². The van der Waals surface area contributed by atoms with Crippen molar-refractivity contribution in [2.75, 3.05) is 0 Å². The zero-order chi connectivity index (χ0) is 8.27. The van der Waals surface area contributed by atoms with Crippen LogP contribution in [0.5, 0.6) is 0 Å². The van der Waals surface area contributed by atoms with Crippen molar-refractivity contribution in [1.29, 1.82) is 0 Å². The highest BCUT2D eigenvalue weighted by Crippen LogP contribution is 2.13. The summed E-state index contributed by atoms with van der Waals surface area (Å²) in [5, 5.41) is 1.12. The fourth-order valence-electron chi connectivity index (χ4n) is 0.754. The number of aryl methyl sites for hydroxylation is 1. The summed E-state index contributed by atoms with van der Waals surface area (Å²) < 4.78 is 0. The maximum absolute atomic E-state index is 5.43. The molecule has 1 heterocycles. The molecule has 2 nitrogen and oxygen atoms in total. The van der Waals surface area contributed by atoms with Crippen LogP contribution in [0.3, 0.4) is 0 Å². The van der Waals surface area contributed by atoms with E-state index >= 15 is 0 Å². The van der Waals surface area contributed by atoms with Crippen LogP contribution < -0.4 is 5.73 Å². The largest absolute Gasteiger partial charge is 0.389 e. The van der Waals surface area contributed by atoms with Gasteiger partial charge in [0.05, 0.1) is 9.88 Å². The van der Waals surface area contributed by atoms with Gasteiger partial charge in [0, 0.05) is 6.20 Å². The second kappa shape index (κ2) is 3.78. The summed E-state index contributed by atoms with van der Waals surface area (Å²) in [6, 6.07) is 0. The minimum Gasteiger partial charge on any atom is -0.389 e. The number of thiazole rings is 1. The van der Waals surface area contributed by atoms with E-state index in [-0.39, 0.29) is 0 Å². The number of nitrogens with zero attached hydrogens (tertiary/aromatic N) is 1. The van der Waals surface area contributed by atoms with Crippen LogP contribution in [0, 0.1) is 0 Å². The smallest absolute Gasteiger partial charge is 0.115 e. The molecule has 0 fully saturated rings. The maximum Gasteiger partial charge on any atom is 0.115 e. The van der Waals surface area contributed by atoms with Gasteiger partial charge in [0.2, 0.25) is 0 Å². The van der Waals surface area contributed by atoms with Gasteiger partial charge in [0.25, 0.3) is 0 Å². The monoisotopic (exact) mass is 186 g/mol. The molecule has 2 N–H and O–H groups in total. The first-order valence-corrected chi connectivity index (χ1v) is 4.71. The molecule has 0 aliphatic rings. The molecule has 0 unspecified atom stereocenters. The lowest BCUT2D eigenvalue weighted by molar-refractivity contribution is 0.909. The highest BCUT2D eigenvalue weighted by Gasteiger charge is 2.01. The summed E-state index contributed by atoms with van der Waals surface area (Å²) in [6.45, 7) is 2.13. The number of rotatable bonds is 3. The molecule has 0 saturated heterocycles. The predicted octanol–water partition coefficient (Wildman–Crippen LogP) is 1.73. The molecule has 1 aromatic heterocycles. The van der Waals surface area contributed by atoms with E-state index in [1.165, 1.54) is 0 Å². The van der Waals surface area contributed by atoms with Crippen molar-refractivity contribution in [2.45, 2.75) is 19.8 Å². The highest BCUT2D eigenvalue weighted by molar-refractivity contribution is 7.81. The standard InChI is InChI=1S/C7H10N2S2/c1-2-3-6-9-4-5(11-6)7(8)10/h4H,2-3H2,1H3,(H2,8,10). The molecule has 0 aliphatic carbocycles. The van der Waals surface area contributed by atoms with Crippen molar-refractivity contribution in [3.8, 4) is 0 Å². The summed E-state index contributed by atoms with van der Waals surface area (Å²) in [5.74, 6) is 0. The number of nitrogens with two attached hydrogens (primary N) is 1. The van der Waals surface area contributed by atoms with E-state index < -0.39 is 0 Å². The number of hydrogen-bond acceptors (Lipinski definition) is 3. The Bertz CT molecular complexity index is 255. The zero-order valence-corrected chi connectivity index (χ0v) is 7.97. The van der Waals surface area contributed by atoms with Crippen LogP contribution in [0.1, 0.15) is 23.2 Å². The number of thiocarbonyl (C=S) groups is 1. The Morgan fingerprint density at radius 1 is 1.82 bits per heavy atom. The third-order valence-electron chi connectivity index (χ3n) is 1.26. The zero-order valence-electron chi connectivity index (χ0n) is 6.33. The van der Waals surface area contributed by atoms with E-state index in [4.69, 9.17) is 18.0 Å². The number of hydrogen-bond donors (Lipinski definition) is 1. The molecule has 0 bridgehead atoms. The predicted molar refractivity (Wildman–Crippen MR) is 52.0 cm³/mol. The van der Waals surface area contributed by atoms with Crippen LogP contribution in [0.2, 0.25) is 0 Å². The molecule has 11 heavy (non-hydrogen) atoms. The Labute approximate surface area is 75.4 Å². The fourth-order valence-corrected chi connectivity index (χ4v) is 1.80. The average Bonchev–Trinajstić information content (AvgIpc) is 2.37. The highest BCUT2D eigenvalue weighted by atomic mass is 32.1. The summed E-state index contributed by atoms with van der Waals surface area (Å²) in [7, 11) is 0. The van der Waals surface area contributed by atoms with E-state index in [1.807, 2.05) is 0 Å². The van der Waals surface area contributed by atoms with Gasteiger partial charge >= 0.3 is 0 Å². The van der Waals surface area contributed by atoms with Crippen LogP contribution in [-0.4, -0.2) is 9.97 Å². The van der Waals surface area contributed by atoms with Gasteiger partial charge in [-0.15, -0.1) is 11.3 Å². The Hall–Kier alpha value is -0.480. The van der Waals surface area contributed by atoms with Crippen molar-refractivity contribution in [3.63, 3.8) is 0 Å². The Morgan fingerprint density at radius 3 is 3.00 bits per heavy atom. The second-order valence-corrected chi connectivity index (χ2v) is 3.79. The van der Waals surface area contributed by atoms with E-state index in [2.05, 4.69) is 11.9 Å². The van der Waals surface area contributed by atoms with Crippen molar-refractivity contribution < 1.29 is 0 Å². The van der Waals surface area contributed by atoms with Crippen LogP contribution in [-0.2, 0) is 6.42 Å². The molecule has 1 aromatic rings. The molecule has 1 rings (SSSR count). The van der Waals surface area contributed by atoms with E-state index in [1.54, 1.807) is 17.5 Å². The molecule has 0 aromatic carbocycles. The Kier molecular flexibility index (Phi) is 2.96. The summed E-state index contributed by atoms with van der Waals surface area (Å²) in [6.07, 6.45) is 3.88. The van der Waals surface area contributed by atoms with Crippen molar-refractivity contribution in [2.24, 2.45) is 5.73 Å². The second-order valence-electron chi connectivity index (χ2n) is 2.23. The topological polar surface area (TPSA) is 38.9 Å². The quantitative estimate of drug-likeness (QED) is 0.731. The van der Waals surface area contributed by atoms with Gasteiger partial charge in [-0.1, -0.05) is 19.1 Å². The minimum absolute atomic E-state index is 0.449. The Balaban J connectivity index is 2.73. The van der Waals surface area contributed by atoms with E-state index in [0.29, 0.717) is 4.99 Å². The van der Waals surface area contributed by atoms with Crippen molar-refractivity contribution >= 4 is 28.5 Å². The first-order valence-electron chi connectivity index (χ1n) is 3.48. The molecule has 60 valence electrons. The van der Waals surface area contributed by atoms with Gasteiger partial charge in [-0.05, 0) is 12.8 Å². The summed E-state index contributed by atoms with van der Waals surface area (Å²) in [4.78, 5) is 5.55. The lowest BCUT2D eigenvalue weighted by Crippen LogP contribution is -2.06. The normalized spacial score (nSPS) is 9.91. The molecule has 0 saturated carbocycles. The van der Waals surface area contributed by atoms with E-state index in [9.17, 15) is 0 Å². The first-order chi connectivity index (χ1) is 5.24. The van der Waals surface area contributed by atoms with Gasteiger partial charge < -0.3 is 5.73 Å². The van der Waals surface area contributed by atoms with E-state index in [0.717, 1.165) is 22.7 Å². The molecular formula is C7H10N2S2. The lowest BCUT2D eigenvalue weighted by atomic mass is 10.4. The van der Waals surface area contributed by atoms with Crippen LogP contribution in [0.25, 0.3) is 0 Å². The fraction of sp³-hybridized carbons (Fsp3) is 0.429. The van der Waals surface area contributed by atoms with Crippen LogP contribution in [0.15, 0.2) is 6.20 Å². The molecular weight excluding hydrogens is 176 g/mol. The number of aromatic nitrogens is 1. The van der Waals surface area contributed by atoms with Gasteiger partial charge in [-0.25, -0.2) is 4.98 Å². The Morgan fingerprint density at radius 2 is 2.55 bits per heavy atom. The van der Waals surface area contributed by atoms with Gasteiger partial charge in [0.15, 0.2) is 0 Å². The minimum atomic E-state index is 0.449. The van der Waals surface area contributed by atoms with Gasteiger partial charge in [-0.3, -0.25) is 0 Å². The van der Waals surface area contributed by atoms with Crippen LogP contribution >= 0.6 is 23.6 Å². The molecule has 0 amide bonds. The molecule has 0 aliphatic heterocycles. The van der Waals surface area contributed by atoms with Gasteiger partial charge in [-0.2, -0.15) is 0 Å². The van der Waals surface area contributed by atoms with Crippen molar-refractivity contribution in [3.05, 3.63) is 16.1 Å². The summed E-state index contributed by atoms with van der Waals surface area (Å²) in [5.41, 5.74) is 5.43. The lowest BCUT2D eigenvalue weighted by Gasteiger charge is -1.87. The molecule has 4 heteroatoms. The molecule has 0 radical (unpaired) electrons.